The zero-order valence-electron chi connectivity index (χ0n) is 16.3. The van der Waals surface area contributed by atoms with Crippen LogP contribution in [0.3, 0.4) is 0 Å². The molecule has 0 radical (unpaired) electrons. The number of rotatable bonds is 5. The lowest BCUT2D eigenvalue weighted by atomic mass is 10.0. The second-order valence-electron chi connectivity index (χ2n) is 7.39. The van der Waals surface area contributed by atoms with E-state index in [1.807, 2.05) is 35.4 Å². The van der Waals surface area contributed by atoms with Crippen LogP contribution >= 0.6 is 0 Å². The molecule has 1 atom stereocenters. The van der Waals surface area contributed by atoms with Crippen molar-refractivity contribution in [2.75, 3.05) is 26.7 Å². The summed E-state index contributed by atoms with van der Waals surface area (Å²) in [6, 6.07) is 9.41. The largest absolute Gasteiger partial charge is 0.493 e. The molecule has 1 unspecified atom stereocenters. The molecular weight excluding hydrogens is 354 g/mol. The molecule has 6 heteroatoms. The molecule has 28 heavy (non-hydrogen) atoms. The average Bonchev–Trinajstić information content (AvgIpc) is 3.27. The summed E-state index contributed by atoms with van der Waals surface area (Å²) in [5, 5.41) is 3.38. The third-order valence-corrected chi connectivity index (χ3v) is 5.58. The number of hydrogen-bond donors (Lipinski definition) is 1. The molecule has 1 aromatic heterocycles. The minimum atomic E-state index is -0.0321. The molecule has 0 bridgehead atoms. The first-order chi connectivity index (χ1) is 13.8. The standard InChI is InChI=1S/C22H27N3O3/c1-27-21-13-16(8-9-20(21)28-18-6-2-3-7-18)22(26)25-12-11-24-15-19(25)17-5-4-10-23-14-17/h4-5,8-10,13-14,18-19,24H,2-3,6-7,11-12,15H2,1H3. The van der Waals surface area contributed by atoms with Crippen molar-refractivity contribution >= 4 is 5.91 Å². The number of piperazine rings is 1. The fraction of sp³-hybridized carbons (Fsp3) is 0.455. The van der Waals surface area contributed by atoms with Crippen LogP contribution in [-0.2, 0) is 0 Å². The van der Waals surface area contributed by atoms with Crippen molar-refractivity contribution in [3.63, 3.8) is 0 Å². The molecule has 1 saturated heterocycles. The minimum absolute atomic E-state index is 0.000990. The lowest BCUT2D eigenvalue weighted by Gasteiger charge is -2.36. The molecular formula is C22H27N3O3. The number of aromatic nitrogens is 1. The average molecular weight is 381 g/mol. The predicted octanol–water partition coefficient (Wildman–Crippen LogP) is 3.20. The summed E-state index contributed by atoms with van der Waals surface area (Å²) in [6.07, 6.45) is 8.41. The molecule has 1 aliphatic heterocycles. The lowest BCUT2D eigenvalue weighted by molar-refractivity contribution is 0.0633. The Bertz CT molecular complexity index is 806. The first-order valence-corrected chi connectivity index (χ1v) is 10.0. The van der Waals surface area contributed by atoms with E-state index in [0.717, 1.165) is 37.2 Å². The molecule has 0 spiro atoms. The molecule has 1 aromatic carbocycles. The van der Waals surface area contributed by atoms with Crippen molar-refractivity contribution in [2.45, 2.75) is 37.8 Å². The van der Waals surface area contributed by atoms with Crippen LogP contribution in [0.4, 0.5) is 0 Å². The summed E-state index contributed by atoms with van der Waals surface area (Å²) in [6.45, 7) is 2.15. The number of nitrogens with one attached hydrogen (secondary N) is 1. The van der Waals surface area contributed by atoms with Gasteiger partial charge in [0.2, 0.25) is 0 Å². The number of methoxy groups -OCH3 is 1. The molecule has 148 valence electrons. The van der Waals surface area contributed by atoms with Gasteiger partial charge in [-0.25, -0.2) is 0 Å². The van der Waals surface area contributed by atoms with E-state index in [4.69, 9.17) is 9.47 Å². The number of hydrogen-bond acceptors (Lipinski definition) is 5. The molecule has 2 fully saturated rings. The van der Waals surface area contributed by atoms with E-state index in [1.165, 1.54) is 12.8 Å². The van der Waals surface area contributed by atoms with Crippen molar-refractivity contribution in [1.29, 1.82) is 0 Å². The Morgan fingerprint density at radius 1 is 1.21 bits per heavy atom. The van der Waals surface area contributed by atoms with Gasteiger partial charge in [-0.2, -0.15) is 0 Å². The highest BCUT2D eigenvalue weighted by molar-refractivity contribution is 5.95. The van der Waals surface area contributed by atoms with Gasteiger partial charge in [0.15, 0.2) is 11.5 Å². The van der Waals surface area contributed by atoms with Crippen molar-refractivity contribution < 1.29 is 14.3 Å². The Kier molecular flexibility index (Phi) is 5.76. The van der Waals surface area contributed by atoms with Crippen molar-refractivity contribution in [2.24, 2.45) is 0 Å². The quantitative estimate of drug-likeness (QED) is 0.862. The topological polar surface area (TPSA) is 63.7 Å². The Morgan fingerprint density at radius 2 is 2.07 bits per heavy atom. The van der Waals surface area contributed by atoms with Crippen molar-refractivity contribution in [3.8, 4) is 11.5 Å². The van der Waals surface area contributed by atoms with Gasteiger partial charge in [0.25, 0.3) is 5.91 Å². The molecule has 1 amide bonds. The van der Waals surface area contributed by atoms with E-state index in [1.54, 1.807) is 19.4 Å². The Labute approximate surface area is 165 Å². The summed E-state index contributed by atoms with van der Waals surface area (Å²) < 4.78 is 11.6. The number of benzene rings is 1. The van der Waals surface area contributed by atoms with Crippen LogP contribution in [0.2, 0.25) is 0 Å². The number of carbonyl (C=O) groups is 1. The second-order valence-corrected chi connectivity index (χ2v) is 7.39. The number of ether oxygens (including phenoxy) is 2. The molecule has 1 N–H and O–H groups in total. The van der Waals surface area contributed by atoms with Gasteiger partial charge in [-0.3, -0.25) is 9.78 Å². The van der Waals surface area contributed by atoms with Gasteiger partial charge in [-0.1, -0.05) is 6.07 Å². The van der Waals surface area contributed by atoms with Gasteiger partial charge in [-0.05, 0) is 55.5 Å². The number of nitrogens with zero attached hydrogens (tertiary/aromatic N) is 2. The highest BCUT2D eigenvalue weighted by Crippen LogP contribution is 2.33. The molecule has 4 rings (SSSR count). The SMILES string of the molecule is COc1cc(C(=O)N2CCNCC2c2cccnc2)ccc1OC1CCCC1. The first kappa shape index (κ1) is 18.7. The predicted molar refractivity (Wildman–Crippen MR) is 107 cm³/mol. The smallest absolute Gasteiger partial charge is 0.254 e. The Hall–Kier alpha value is -2.60. The monoisotopic (exact) mass is 381 g/mol. The maximum absolute atomic E-state index is 13.3. The van der Waals surface area contributed by atoms with E-state index < -0.39 is 0 Å². The summed E-state index contributed by atoms with van der Waals surface area (Å²) in [5.41, 5.74) is 1.66. The molecule has 2 heterocycles. The molecule has 2 aliphatic rings. The molecule has 2 aromatic rings. The van der Waals surface area contributed by atoms with Crippen LogP contribution in [0.5, 0.6) is 11.5 Å². The minimum Gasteiger partial charge on any atom is -0.493 e. The van der Waals surface area contributed by atoms with Crippen molar-refractivity contribution in [1.82, 2.24) is 15.2 Å². The van der Waals surface area contributed by atoms with Gasteiger partial charge >= 0.3 is 0 Å². The van der Waals surface area contributed by atoms with Crippen LogP contribution < -0.4 is 14.8 Å². The highest BCUT2D eigenvalue weighted by Gasteiger charge is 2.29. The van der Waals surface area contributed by atoms with E-state index in [0.29, 0.717) is 17.9 Å². The molecule has 1 aliphatic carbocycles. The lowest BCUT2D eigenvalue weighted by Crippen LogP contribution is -2.48. The van der Waals surface area contributed by atoms with Gasteiger partial charge < -0.3 is 19.7 Å². The van der Waals surface area contributed by atoms with Gasteiger partial charge in [0.05, 0.1) is 19.3 Å². The zero-order chi connectivity index (χ0) is 19.3. The zero-order valence-corrected chi connectivity index (χ0v) is 16.3. The number of carbonyl (C=O) groups excluding carboxylic acids is 1. The van der Waals surface area contributed by atoms with Gasteiger partial charge in [0, 0.05) is 37.6 Å². The Morgan fingerprint density at radius 3 is 2.82 bits per heavy atom. The van der Waals surface area contributed by atoms with Gasteiger partial charge in [-0.15, -0.1) is 0 Å². The second kappa shape index (κ2) is 8.61. The number of pyridine rings is 1. The number of amides is 1. The van der Waals surface area contributed by atoms with Crippen LogP contribution in [0.25, 0.3) is 0 Å². The first-order valence-electron chi connectivity index (χ1n) is 10.0. The fourth-order valence-corrected chi connectivity index (χ4v) is 4.07. The van der Waals surface area contributed by atoms with Crippen LogP contribution in [0, 0.1) is 0 Å². The van der Waals surface area contributed by atoms with E-state index in [-0.39, 0.29) is 18.1 Å². The Balaban J connectivity index is 1.55. The molecule has 1 saturated carbocycles. The fourth-order valence-electron chi connectivity index (χ4n) is 4.07. The van der Waals surface area contributed by atoms with E-state index in [9.17, 15) is 4.79 Å². The highest BCUT2D eigenvalue weighted by atomic mass is 16.5. The third-order valence-electron chi connectivity index (χ3n) is 5.58. The summed E-state index contributed by atoms with van der Waals surface area (Å²) >= 11 is 0. The van der Waals surface area contributed by atoms with Gasteiger partial charge in [0.1, 0.15) is 0 Å². The van der Waals surface area contributed by atoms with Crippen LogP contribution in [0.1, 0.15) is 47.6 Å². The summed E-state index contributed by atoms with van der Waals surface area (Å²) in [5.74, 6) is 1.34. The summed E-state index contributed by atoms with van der Waals surface area (Å²) in [4.78, 5) is 19.4. The van der Waals surface area contributed by atoms with Crippen LogP contribution in [0.15, 0.2) is 42.7 Å². The van der Waals surface area contributed by atoms with E-state index >= 15 is 0 Å². The van der Waals surface area contributed by atoms with Crippen molar-refractivity contribution in [3.05, 3.63) is 53.9 Å². The maximum atomic E-state index is 13.3. The van der Waals surface area contributed by atoms with Crippen LogP contribution in [-0.4, -0.2) is 48.6 Å². The normalized spacial score (nSPS) is 20.2. The van der Waals surface area contributed by atoms with E-state index in [2.05, 4.69) is 10.3 Å². The third kappa shape index (κ3) is 3.97. The molecule has 6 nitrogen and oxygen atoms in total. The maximum Gasteiger partial charge on any atom is 0.254 e. The summed E-state index contributed by atoms with van der Waals surface area (Å²) in [7, 11) is 1.62.